The molecule has 0 amide bonds. The zero-order valence-corrected chi connectivity index (χ0v) is 31.8. The summed E-state index contributed by atoms with van der Waals surface area (Å²) in [7, 11) is 0. The van der Waals surface area contributed by atoms with Gasteiger partial charge in [0.05, 0.1) is 11.4 Å². The molecule has 3 aromatic heterocycles. The molecule has 0 fully saturated rings. The number of nitrogens with zero attached hydrogens (tertiary/aromatic N) is 2. The van der Waals surface area contributed by atoms with Gasteiger partial charge >= 0.3 is 6.85 Å². The third-order valence-corrected chi connectivity index (χ3v) is 12.7. The smallest absolute Gasteiger partial charge is 0.334 e. The monoisotopic (exact) mass is 730 g/mol. The van der Waals surface area contributed by atoms with E-state index in [2.05, 4.69) is 188 Å². The number of aromatic nitrogens is 1. The molecule has 0 N–H and O–H groups in total. The molecule has 8 aromatic carbocycles. The van der Waals surface area contributed by atoms with E-state index in [0.717, 1.165) is 60.9 Å². The van der Waals surface area contributed by atoms with Gasteiger partial charge in [0, 0.05) is 60.2 Å². The highest BCUT2D eigenvalue weighted by molar-refractivity contribution is 6.92. The van der Waals surface area contributed by atoms with Crippen molar-refractivity contribution in [1.82, 2.24) is 4.48 Å². The second kappa shape index (κ2) is 10.9. The predicted molar refractivity (Wildman–Crippen MR) is 239 cm³/mol. The van der Waals surface area contributed by atoms with E-state index >= 15 is 0 Å². The van der Waals surface area contributed by atoms with E-state index in [9.17, 15) is 0 Å². The van der Waals surface area contributed by atoms with E-state index in [1.807, 2.05) is 0 Å². The van der Waals surface area contributed by atoms with Gasteiger partial charge in [0.2, 0.25) is 0 Å². The molecule has 0 spiro atoms. The molecular weight excluding hydrogens is 695 g/mol. The average Bonchev–Trinajstić information content (AvgIpc) is 3.92. The molecule has 0 saturated carbocycles. The lowest BCUT2D eigenvalue weighted by atomic mass is 9.44. The molecule has 4 nitrogen and oxygen atoms in total. The highest BCUT2D eigenvalue weighted by atomic mass is 16.3. The minimum atomic E-state index is -0.171. The quantitative estimate of drug-likeness (QED) is 0.166. The Morgan fingerprint density at radius 2 is 1.19 bits per heavy atom. The Morgan fingerprint density at radius 1 is 0.491 bits per heavy atom. The summed E-state index contributed by atoms with van der Waals surface area (Å²) in [6.45, 7) is 6.71. The number of rotatable bonds is 2. The van der Waals surface area contributed by atoms with Crippen LogP contribution in [0.3, 0.4) is 0 Å². The van der Waals surface area contributed by atoms with Crippen LogP contribution in [0, 0.1) is 0 Å². The Hall–Kier alpha value is -6.98. The minimum Gasteiger partial charge on any atom is -0.456 e. The van der Waals surface area contributed by atoms with Gasteiger partial charge in [0.15, 0.2) is 5.58 Å². The maximum Gasteiger partial charge on any atom is 0.334 e. The number of hydrogen-bond donors (Lipinski definition) is 0. The van der Waals surface area contributed by atoms with Crippen LogP contribution < -0.4 is 15.8 Å². The molecule has 11 aromatic rings. The van der Waals surface area contributed by atoms with Gasteiger partial charge in [-0.2, -0.15) is 0 Å². The van der Waals surface area contributed by atoms with Crippen LogP contribution in [0.5, 0.6) is 0 Å². The van der Waals surface area contributed by atoms with Crippen LogP contribution in [0.4, 0.5) is 17.1 Å². The molecule has 57 heavy (non-hydrogen) atoms. The molecule has 0 saturated heterocycles. The van der Waals surface area contributed by atoms with Gasteiger partial charge in [0.1, 0.15) is 16.7 Å². The van der Waals surface area contributed by atoms with E-state index in [0.29, 0.717) is 0 Å². The largest absolute Gasteiger partial charge is 0.456 e. The highest BCUT2D eigenvalue weighted by Crippen LogP contribution is 2.52. The lowest BCUT2D eigenvalue weighted by molar-refractivity contribution is 0.590. The average molecular weight is 731 g/mol. The standard InChI is InChI=1S/C52H35BN2O2/c1-52(2,3)31-24-25-40(37(28-31)30-14-5-4-6-15-30)54-42-26-27-45-46(36-18-9-12-23-44(36)56-45)48(42)53-47-38(29-39-33-17-8-11-22-43(33)57-51(39)50(47)54)35-20-13-19-34-32-16-7-10-21-41(32)55(53)49(34)35/h4-29H,1-3H3. The van der Waals surface area contributed by atoms with Gasteiger partial charge in [-0.05, 0) is 81.6 Å². The summed E-state index contributed by atoms with van der Waals surface area (Å²) in [4.78, 5) is 2.53. The van der Waals surface area contributed by atoms with Gasteiger partial charge < -0.3 is 18.2 Å². The molecule has 2 aliphatic heterocycles. The van der Waals surface area contributed by atoms with Crippen LogP contribution in [-0.4, -0.2) is 11.3 Å². The van der Waals surface area contributed by atoms with Gasteiger partial charge in [-0.1, -0.05) is 130 Å². The SMILES string of the molecule is CC(C)(C)c1ccc(N2c3ccc4oc5ccccc5c4c3B3c4c(cc5c(oc6ccccc65)c42)-c2cccc4c5ccccc5n3c24)c(-c2ccccc2)c1. The van der Waals surface area contributed by atoms with Crippen molar-refractivity contribution in [2.75, 3.05) is 4.90 Å². The molecule has 0 aliphatic carbocycles. The van der Waals surface area contributed by atoms with E-state index in [1.165, 1.54) is 60.5 Å². The summed E-state index contributed by atoms with van der Waals surface area (Å²) in [5.41, 5.74) is 17.9. The van der Waals surface area contributed by atoms with Crippen LogP contribution in [0.2, 0.25) is 0 Å². The molecule has 268 valence electrons. The molecule has 5 heterocycles. The molecule has 0 unspecified atom stereocenters. The van der Waals surface area contributed by atoms with E-state index in [1.54, 1.807) is 0 Å². The molecule has 13 rings (SSSR count). The topological polar surface area (TPSA) is 34.5 Å². The molecule has 0 bridgehead atoms. The van der Waals surface area contributed by atoms with Crippen molar-refractivity contribution in [2.45, 2.75) is 26.2 Å². The number of benzene rings is 8. The van der Waals surface area contributed by atoms with Gasteiger partial charge in [-0.15, -0.1) is 0 Å². The molecule has 2 aliphatic rings. The van der Waals surface area contributed by atoms with Crippen LogP contribution in [-0.2, 0) is 5.41 Å². The summed E-state index contributed by atoms with van der Waals surface area (Å²) in [5, 5.41) is 7.04. The van der Waals surface area contributed by atoms with Gasteiger partial charge in [-0.3, -0.25) is 0 Å². The van der Waals surface area contributed by atoms with Crippen molar-refractivity contribution in [3.8, 4) is 22.3 Å². The molecule has 5 heteroatoms. The molecular formula is C52H35BN2O2. The molecule has 0 atom stereocenters. The third kappa shape index (κ3) is 4.03. The first kappa shape index (κ1) is 31.3. The maximum absolute atomic E-state index is 7.12. The van der Waals surface area contributed by atoms with E-state index in [-0.39, 0.29) is 12.3 Å². The Balaban J connectivity index is 1.28. The van der Waals surface area contributed by atoms with Crippen molar-refractivity contribution < 1.29 is 8.83 Å². The number of fused-ring (bicyclic) bond motifs is 15. The fourth-order valence-corrected chi connectivity index (χ4v) is 10.2. The number of anilines is 3. The number of hydrogen-bond acceptors (Lipinski definition) is 3. The van der Waals surface area contributed by atoms with Crippen LogP contribution in [0.1, 0.15) is 26.3 Å². The number of para-hydroxylation sites is 4. The Kier molecular flexibility index (Phi) is 5.96. The first-order chi connectivity index (χ1) is 27.9. The van der Waals surface area contributed by atoms with E-state index in [4.69, 9.17) is 8.83 Å². The van der Waals surface area contributed by atoms with Crippen molar-refractivity contribution >= 4 is 101 Å². The zero-order chi connectivity index (χ0) is 37.7. The van der Waals surface area contributed by atoms with Crippen molar-refractivity contribution in [2.24, 2.45) is 0 Å². The fraction of sp³-hybridized carbons (Fsp3) is 0.0769. The van der Waals surface area contributed by atoms with Crippen LogP contribution >= 0.6 is 0 Å². The van der Waals surface area contributed by atoms with Crippen molar-refractivity contribution in [3.05, 3.63) is 163 Å². The first-order valence-corrected chi connectivity index (χ1v) is 19.9. The lowest BCUT2D eigenvalue weighted by Gasteiger charge is -2.41. The summed E-state index contributed by atoms with van der Waals surface area (Å²) < 4.78 is 16.5. The Labute approximate surface area is 329 Å². The zero-order valence-electron chi connectivity index (χ0n) is 31.8. The predicted octanol–water partition coefficient (Wildman–Crippen LogP) is 13.0. The lowest BCUT2D eigenvalue weighted by Crippen LogP contribution is -2.57. The first-order valence-electron chi connectivity index (χ1n) is 19.9. The second-order valence-corrected chi connectivity index (χ2v) is 16.8. The number of furan rings is 2. The Bertz CT molecular complexity index is 3530. The van der Waals surface area contributed by atoms with Gasteiger partial charge in [0.25, 0.3) is 0 Å². The fourth-order valence-electron chi connectivity index (χ4n) is 10.2. The summed E-state index contributed by atoms with van der Waals surface area (Å²) in [5.74, 6) is 0. The van der Waals surface area contributed by atoms with Gasteiger partial charge in [-0.25, -0.2) is 0 Å². The van der Waals surface area contributed by atoms with Crippen LogP contribution in [0.15, 0.2) is 167 Å². The second-order valence-electron chi connectivity index (χ2n) is 16.8. The van der Waals surface area contributed by atoms with Crippen LogP contribution in [0.25, 0.3) is 87.9 Å². The molecule has 0 radical (unpaired) electrons. The minimum absolute atomic E-state index is 0.0443. The van der Waals surface area contributed by atoms with Crippen molar-refractivity contribution in [3.63, 3.8) is 0 Å². The summed E-state index contributed by atoms with van der Waals surface area (Å²) in [6.07, 6.45) is 0. The Morgan fingerprint density at radius 3 is 2.02 bits per heavy atom. The third-order valence-electron chi connectivity index (χ3n) is 12.7. The summed E-state index contributed by atoms with van der Waals surface area (Å²) >= 11 is 0. The van der Waals surface area contributed by atoms with Crippen molar-refractivity contribution in [1.29, 1.82) is 0 Å². The highest BCUT2D eigenvalue weighted by Gasteiger charge is 2.46. The summed E-state index contributed by atoms with van der Waals surface area (Å²) in [6, 6.07) is 57.6. The maximum atomic E-state index is 7.12. The van der Waals surface area contributed by atoms with E-state index < -0.39 is 0 Å². The normalized spacial score (nSPS) is 13.5.